The number of unbranched alkanes of at least 4 members (excludes halogenated alkanes) is 21. The zero-order valence-electron chi connectivity index (χ0n) is 24.3. The Kier molecular flexibility index (Phi) is 30.9. The Hall–Kier alpha value is 0.840. The minimum atomic E-state index is -4.05. The summed E-state index contributed by atoms with van der Waals surface area (Å²) in [6.07, 6.45) is 27.7. The van der Waals surface area contributed by atoms with E-state index in [2.05, 4.69) is 13.8 Å². The number of alkyl halides is 1. The zero-order chi connectivity index (χ0) is 24.5. The van der Waals surface area contributed by atoms with Crippen molar-refractivity contribution in [3.05, 3.63) is 0 Å². The van der Waals surface area contributed by atoms with Crippen molar-refractivity contribution in [1.29, 1.82) is 0 Å². The smallest absolute Gasteiger partial charge is 1.00 e. The van der Waals surface area contributed by atoms with E-state index in [9.17, 15) is 12.8 Å². The molecule has 0 aromatic carbocycles. The summed E-state index contributed by atoms with van der Waals surface area (Å²) >= 11 is 0. The second-order valence-electron chi connectivity index (χ2n) is 9.94. The third-order valence-electron chi connectivity index (χ3n) is 6.59. The van der Waals surface area contributed by atoms with Crippen LogP contribution in [-0.4, -0.2) is 20.5 Å². The summed E-state index contributed by atoms with van der Waals surface area (Å²) in [5.74, 6) is 0. The van der Waals surface area contributed by atoms with E-state index in [4.69, 9.17) is 4.18 Å². The molecular weight excluding hydrogens is 458 g/mol. The number of rotatable bonds is 27. The molecule has 6 heteroatoms. The van der Waals surface area contributed by atoms with Gasteiger partial charge in [0.2, 0.25) is 5.50 Å². The van der Waals surface area contributed by atoms with Crippen LogP contribution in [0.5, 0.6) is 0 Å². The van der Waals surface area contributed by atoms with E-state index in [1.54, 1.807) is 0 Å². The Labute approximate surface area is 237 Å². The van der Waals surface area contributed by atoms with Gasteiger partial charge in [0.05, 0.1) is 6.61 Å². The van der Waals surface area contributed by atoms with Crippen molar-refractivity contribution in [2.75, 3.05) is 6.61 Å². The molecule has 0 radical (unpaired) electrons. The number of hydrogen-bond donors (Lipinski definition) is 0. The van der Waals surface area contributed by atoms with Crippen molar-refractivity contribution in [3.63, 3.8) is 0 Å². The molecule has 0 N–H and O–H groups in total. The van der Waals surface area contributed by atoms with E-state index in [1.807, 2.05) is 0 Å². The zero-order valence-corrected chi connectivity index (χ0v) is 26.1. The summed E-state index contributed by atoms with van der Waals surface area (Å²) in [5, 5.41) is 0. The molecule has 0 aromatic heterocycles. The maximum absolute atomic E-state index is 14.1. The standard InChI is InChI=1S/C28H57FO3S.Na.H/c1-3-5-7-9-11-13-14-15-16-17-19-21-23-25-27-32-33(30,31)28(29)26-24-22-20-18-12-10-8-6-4-2;;/h28H,3-27H2,1-2H3;;/q;+1;-1. The van der Waals surface area contributed by atoms with Crippen LogP contribution in [0.1, 0.15) is 169 Å². The predicted octanol–water partition coefficient (Wildman–Crippen LogP) is 7.15. The molecule has 0 heterocycles. The van der Waals surface area contributed by atoms with Crippen molar-refractivity contribution in [2.45, 2.75) is 173 Å². The number of hydrogen-bond acceptors (Lipinski definition) is 3. The van der Waals surface area contributed by atoms with Gasteiger partial charge in [-0.1, -0.05) is 149 Å². The molecule has 0 aliphatic carbocycles. The third-order valence-corrected chi connectivity index (χ3v) is 7.95. The molecule has 1 unspecified atom stereocenters. The molecule has 0 rings (SSSR count). The maximum atomic E-state index is 14.1. The first-order valence-electron chi connectivity index (χ1n) is 14.6. The van der Waals surface area contributed by atoms with Crippen LogP contribution in [0.25, 0.3) is 0 Å². The molecule has 0 saturated heterocycles. The molecule has 3 nitrogen and oxygen atoms in total. The van der Waals surface area contributed by atoms with Gasteiger partial charge in [0, 0.05) is 0 Å². The van der Waals surface area contributed by atoms with Gasteiger partial charge in [0.1, 0.15) is 0 Å². The van der Waals surface area contributed by atoms with Gasteiger partial charge in [-0.05, 0) is 19.3 Å². The van der Waals surface area contributed by atoms with Gasteiger partial charge >= 0.3 is 29.6 Å². The Balaban J connectivity index is -0.00000512. The monoisotopic (exact) mass is 516 g/mol. The van der Waals surface area contributed by atoms with E-state index in [0.29, 0.717) is 12.8 Å². The largest absolute Gasteiger partial charge is 1.00 e. The van der Waals surface area contributed by atoms with E-state index in [0.717, 1.165) is 25.7 Å². The Morgan fingerprint density at radius 1 is 0.559 bits per heavy atom. The molecule has 1 atom stereocenters. The summed E-state index contributed by atoms with van der Waals surface area (Å²) in [7, 11) is -4.05. The topological polar surface area (TPSA) is 43.4 Å². The molecule has 0 fully saturated rings. The summed E-state index contributed by atoms with van der Waals surface area (Å²) < 4.78 is 42.9. The van der Waals surface area contributed by atoms with E-state index in [-0.39, 0.29) is 44.0 Å². The minimum absolute atomic E-state index is 0. The van der Waals surface area contributed by atoms with Gasteiger partial charge in [0.25, 0.3) is 10.1 Å². The van der Waals surface area contributed by atoms with E-state index >= 15 is 0 Å². The van der Waals surface area contributed by atoms with Crippen LogP contribution in [0.15, 0.2) is 0 Å². The number of halogens is 1. The van der Waals surface area contributed by atoms with Crippen molar-refractivity contribution in [3.8, 4) is 0 Å². The average Bonchev–Trinajstić information content (AvgIpc) is 2.80. The van der Waals surface area contributed by atoms with Crippen LogP contribution in [0, 0.1) is 0 Å². The quantitative estimate of drug-likeness (QED) is 0.0661. The Morgan fingerprint density at radius 3 is 1.21 bits per heavy atom. The van der Waals surface area contributed by atoms with Crippen LogP contribution < -0.4 is 29.6 Å². The van der Waals surface area contributed by atoms with Crippen LogP contribution in [-0.2, 0) is 14.3 Å². The van der Waals surface area contributed by atoms with Gasteiger partial charge < -0.3 is 1.43 Å². The first-order chi connectivity index (χ1) is 16.0. The fourth-order valence-electron chi connectivity index (χ4n) is 4.31. The van der Waals surface area contributed by atoms with Crippen molar-refractivity contribution < 1.29 is 48.0 Å². The molecule has 0 bridgehead atoms. The maximum Gasteiger partial charge on any atom is 1.00 e. The van der Waals surface area contributed by atoms with Gasteiger partial charge in [-0.25, -0.2) is 4.39 Å². The van der Waals surface area contributed by atoms with Crippen molar-refractivity contribution in [2.24, 2.45) is 0 Å². The van der Waals surface area contributed by atoms with Crippen LogP contribution in [0.4, 0.5) is 4.39 Å². The average molecular weight is 517 g/mol. The van der Waals surface area contributed by atoms with Crippen LogP contribution in [0.3, 0.4) is 0 Å². The fraction of sp³-hybridized carbons (Fsp3) is 1.00. The predicted molar refractivity (Wildman–Crippen MR) is 143 cm³/mol. The van der Waals surface area contributed by atoms with Crippen LogP contribution >= 0.6 is 0 Å². The second-order valence-corrected chi connectivity index (χ2v) is 11.7. The third kappa shape index (κ3) is 25.9. The summed E-state index contributed by atoms with van der Waals surface area (Å²) in [6.45, 7) is 4.60. The Morgan fingerprint density at radius 2 is 0.853 bits per heavy atom. The van der Waals surface area contributed by atoms with E-state index < -0.39 is 15.6 Å². The molecule has 0 aliphatic rings. The first-order valence-corrected chi connectivity index (χ1v) is 16.0. The SMILES string of the molecule is CCCCCCCCCCCCCCCCOS(=O)(=O)C(F)CCCCCCCCCCC.[H-].[Na+]. The molecule has 0 spiro atoms. The first kappa shape index (κ1) is 37.0. The molecule has 0 aliphatic heterocycles. The molecule has 34 heavy (non-hydrogen) atoms. The molecule has 0 amide bonds. The van der Waals surface area contributed by atoms with Crippen molar-refractivity contribution in [1.82, 2.24) is 0 Å². The van der Waals surface area contributed by atoms with Crippen LogP contribution in [0.2, 0.25) is 0 Å². The Bertz CT molecular complexity index is 495. The van der Waals surface area contributed by atoms with Gasteiger partial charge in [-0.3, -0.25) is 4.18 Å². The normalized spacial score (nSPS) is 12.6. The molecule has 0 saturated carbocycles. The summed E-state index contributed by atoms with van der Waals surface area (Å²) in [6, 6.07) is 0. The van der Waals surface area contributed by atoms with Gasteiger partial charge in [-0.15, -0.1) is 0 Å². The molecule has 202 valence electrons. The molecule has 0 aromatic rings. The summed E-state index contributed by atoms with van der Waals surface area (Å²) in [4.78, 5) is 0. The van der Waals surface area contributed by atoms with Crippen molar-refractivity contribution >= 4 is 10.1 Å². The minimum Gasteiger partial charge on any atom is -1.00 e. The van der Waals surface area contributed by atoms with Gasteiger partial charge in [0.15, 0.2) is 0 Å². The second kappa shape index (κ2) is 28.4. The van der Waals surface area contributed by atoms with Gasteiger partial charge in [-0.2, -0.15) is 8.42 Å². The fourth-order valence-corrected chi connectivity index (χ4v) is 5.26. The van der Waals surface area contributed by atoms with E-state index in [1.165, 1.54) is 109 Å². The summed E-state index contributed by atoms with van der Waals surface area (Å²) in [5.41, 5.74) is -1.87. The molecular formula is C28H58FNaO3S.